The van der Waals surface area contributed by atoms with Crippen LogP contribution in [0.1, 0.15) is 70.9 Å². The van der Waals surface area contributed by atoms with E-state index in [4.69, 9.17) is 0 Å². The Hall–Kier alpha value is -5.41. The standard InChI is InChI=1S/C43H49N7O5S2/c1-5-25-47(26-6-2)29-36-13-17-38(18-14-36)46-43(51)37-15-11-35(12-16-37)30-48(31-41-44-23-27-49(41)56(52,53)39-19-7-33(3)8-20-39)32-42-45-24-28-50(42)57(54,55)40-21-9-34(4)10-22-40/h7-24,27-28H,5-6,25-26,29-32H2,1-4H3,(H,46,51). The van der Waals surface area contributed by atoms with Crippen molar-refractivity contribution in [2.75, 3.05) is 18.4 Å². The first-order chi connectivity index (χ1) is 27.4. The zero-order valence-electron chi connectivity index (χ0n) is 32.7. The second-order valence-corrected chi connectivity index (χ2v) is 17.8. The van der Waals surface area contributed by atoms with Gasteiger partial charge >= 0.3 is 0 Å². The summed E-state index contributed by atoms with van der Waals surface area (Å²) < 4.78 is 57.3. The van der Waals surface area contributed by atoms with Gasteiger partial charge in [-0.1, -0.05) is 73.5 Å². The van der Waals surface area contributed by atoms with Crippen molar-refractivity contribution in [3.05, 3.63) is 161 Å². The smallest absolute Gasteiger partial charge is 0.269 e. The molecule has 57 heavy (non-hydrogen) atoms. The van der Waals surface area contributed by atoms with E-state index in [2.05, 4.69) is 34.0 Å². The molecule has 0 unspecified atom stereocenters. The number of amides is 1. The molecule has 0 spiro atoms. The lowest BCUT2D eigenvalue weighted by Crippen LogP contribution is -2.28. The first-order valence-corrected chi connectivity index (χ1v) is 21.9. The van der Waals surface area contributed by atoms with E-state index in [0.29, 0.717) is 11.3 Å². The van der Waals surface area contributed by atoms with E-state index < -0.39 is 20.0 Å². The third-order valence-corrected chi connectivity index (χ3v) is 13.0. The van der Waals surface area contributed by atoms with E-state index in [1.165, 1.54) is 30.4 Å². The van der Waals surface area contributed by atoms with Gasteiger partial charge in [-0.2, -0.15) is 0 Å². The molecule has 0 aliphatic rings. The molecule has 14 heteroatoms. The number of hydrogen-bond donors (Lipinski definition) is 1. The van der Waals surface area contributed by atoms with Crippen LogP contribution in [0.3, 0.4) is 0 Å². The van der Waals surface area contributed by atoms with E-state index in [9.17, 15) is 21.6 Å². The Morgan fingerprint density at radius 2 is 1.00 bits per heavy atom. The minimum absolute atomic E-state index is 0.0302. The maximum atomic E-state index is 13.8. The largest absolute Gasteiger partial charge is 0.322 e. The number of aromatic nitrogens is 4. The quantitative estimate of drug-likeness (QED) is 0.0952. The van der Waals surface area contributed by atoms with E-state index in [1.807, 2.05) is 55.1 Å². The van der Waals surface area contributed by atoms with Crippen LogP contribution >= 0.6 is 0 Å². The number of aryl methyl sites for hydroxylation is 2. The van der Waals surface area contributed by atoms with Crippen molar-refractivity contribution in [3.8, 4) is 0 Å². The lowest BCUT2D eigenvalue weighted by atomic mass is 10.1. The second kappa shape index (κ2) is 18.2. The van der Waals surface area contributed by atoms with Crippen molar-refractivity contribution >= 4 is 31.6 Å². The molecule has 0 atom stereocenters. The molecule has 4 aromatic carbocycles. The fourth-order valence-electron chi connectivity index (χ4n) is 6.60. The zero-order valence-corrected chi connectivity index (χ0v) is 34.4. The number of benzene rings is 4. The Balaban J connectivity index is 1.22. The highest BCUT2D eigenvalue weighted by Gasteiger charge is 2.25. The number of nitrogens with one attached hydrogen (secondary N) is 1. The third-order valence-electron chi connectivity index (χ3n) is 9.57. The highest BCUT2D eigenvalue weighted by atomic mass is 32.2. The summed E-state index contributed by atoms with van der Waals surface area (Å²) in [4.78, 5) is 26.6. The monoisotopic (exact) mass is 807 g/mol. The van der Waals surface area contributed by atoms with Gasteiger partial charge in [-0.05, 0) is 99.4 Å². The molecule has 1 amide bonds. The molecule has 6 aromatic rings. The van der Waals surface area contributed by atoms with Crippen LogP contribution in [0.5, 0.6) is 0 Å². The Morgan fingerprint density at radius 3 is 1.44 bits per heavy atom. The van der Waals surface area contributed by atoms with Gasteiger partial charge in [-0.25, -0.2) is 34.7 Å². The molecule has 0 radical (unpaired) electrons. The van der Waals surface area contributed by atoms with Crippen LogP contribution in [0.25, 0.3) is 0 Å². The number of rotatable bonds is 18. The van der Waals surface area contributed by atoms with Crippen molar-refractivity contribution in [1.29, 1.82) is 0 Å². The first-order valence-electron chi connectivity index (χ1n) is 19.0. The molecule has 2 heterocycles. The lowest BCUT2D eigenvalue weighted by molar-refractivity contribution is 0.102. The zero-order chi connectivity index (χ0) is 40.6. The van der Waals surface area contributed by atoms with Crippen LogP contribution in [0.2, 0.25) is 0 Å². The molecule has 1 N–H and O–H groups in total. The number of carbonyl (C=O) groups excluding carboxylic acids is 1. The molecule has 298 valence electrons. The van der Waals surface area contributed by atoms with Gasteiger partial charge < -0.3 is 5.32 Å². The van der Waals surface area contributed by atoms with Crippen molar-refractivity contribution in [2.45, 2.75) is 76.5 Å². The summed E-state index contributed by atoms with van der Waals surface area (Å²) in [5.74, 6) is 0.220. The van der Waals surface area contributed by atoms with Crippen LogP contribution in [0.4, 0.5) is 5.69 Å². The molecule has 12 nitrogen and oxygen atoms in total. The molecular weight excluding hydrogens is 759 g/mol. The van der Waals surface area contributed by atoms with Gasteiger partial charge in [-0.15, -0.1) is 0 Å². The van der Waals surface area contributed by atoms with Crippen LogP contribution in [0.15, 0.2) is 132 Å². The molecule has 0 saturated carbocycles. The Labute approximate surface area is 335 Å². The number of hydrogen-bond acceptors (Lipinski definition) is 9. The van der Waals surface area contributed by atoms with E-state index in [-0.39, 0.29) is 47.0 Å². The first kappa shape index (κ1) is 41.2. The van der Waals surface area contributed by atoms with E-state index in [0.717, 1.165) is 57.1 Å². The molecule has 0 saturated heterocycles. The minimum atomic E-state index is -3.98. The topological polar surface area (TPSA) is 139 Å². The molecule has 0 aliphatic carbocycles. The lowest BCUT2D eigenvalue weighted by Gasteiger charge is -2.23. The van der Waals surface area contributed by atoms with Crippen molar-refractivity contribution in [3.63, 3.8) is 0 Å². The van der Waals surface area contributed by atoms with Crippen molar-refractivity contribution < 1.29 is 21.6 Å². The average Bonchev–Trinajstić information content (AvgIpc) is 3.87. The maximum absolute atomic E-state index is 13.8. The Morgan fingerprint density at radius 1 is 0.579 bits per heavy atom. The predicted molar refractivity (Wildman–Crippen MR) is 222 cm³/mol. The third kappa shape index (κ3) is 10.1. The van der Waals surface area contributed by atoms with Crippen LogP contribution in [-0.2, 0) is 46.2 Å². The summed E-state index contributed by atoms with van der Waals surface area (Å²) in [5.41, 5.74) is 5.01. The Kier molecular flexibility index (Phi) is 13.2. The van der Waals surface area contributed by atoms with Gasteiger partial charge in [0.2, 0.25) is 0 Å². The van der Waals surface area contributed by atoms with Gasteiger partial charge in [0.25, 0.3) is 26.0 Å². The normalized spacial score (nSPS) is 12.0. The summed E-state index contributed by atoms with van der Waals surface area (Å²) in [5, 5.41) is 2.98. The molecule has 0 aliphatic heterocycles. The van der Waals surface area contributed by atoms with Gasteiger partial charge in [0.1, 0.15) is 11.6 Å². The van der Waals surface area contributed by atoms with E-state index in [1.54, 1.807) is 60.7 Å². The number of anilines is 1. The minimum Gasteiger partial charge on any atom is -0.322 e. The SMILES string of the molecule is CCCN(CCC)Cc1ccc(NC(=O)c2ccc(CN(Cc3nccn3S(=O)(=O)c3ccc(C)cc3)Cc3nccn3S(=O)(=O)c3ccc(C)cc3)cc2)cc1. The van der Waals surface area contributed by atoms with Crippen molar-refractivity contribution in [1.82, 2.24) is 27.7 Å². The fourth-order valence-corrected chi connectivity index (χ4v) is 9.21. The molecule has 2 aromatic heterocycles. The van der Waals surface area contributed by atoms with Gasteiger partial charge in [0, 0.05) is 49.1 Å². The van der Waals surface area contributed by atoms with Gasteiger partial charge in [-0.3, -0.25) is 14.6 Å². The number of imidazole rings is 2. The molecule has 0 fully saturated rings. The maximum Gasteiger partial charge on any atom is 0.269 e. The van der Waals surface area contributed by atoms with Crippen LogP contribution < -0.4 is 5.32 Å². The summed E-state index contributed by atoms with van der Waals surface area (Å²) in [6.45, 7) is 11.4. The predicted octanol–water partition coefficient (Wildman–Crippen LogP) is 7.25. The summed E-state index contributed by atoms with van der Waals surface area (Å²) >= 11 is 0. The molecule has 0 bridgehead atoms. The highest BCUT2D eigenvalue weighted by molar-refractivity contribution is 7.90. The van der Waals surface area contributed by atoms with Crippen molar-refractivity contribution in [2.24, 2.45) is 0 Å². The number of carbonyl (C=O) groups is 1. The van der Waals surface area contributed by atoms with Crippen LogP contribution in [-0.4, -0.2) is 63.5 Å². The van der Waals surface area contributed by atoms with Gasteiger partial charge in [0.05, 0.1) is 22.9 Å². The average molecular weight is 808 g/mol. The molecular formula is C43H49N7O5S2. The Bertz CT molecular complexity index is 2360. The summed E-state index contributed by atoms with van der Waals surface area (Å²) in [7, 11) is -7.97. The summed E-state index contributed by atoms with van der Waals surface area (Å²) in [6, 6.07) is 28.2. The van der Waals surface area contributed by atoms with Crippen LogP contribution in [0, 0.1) is 13.8 Å². The van der Waals surface area contributed by atoms with E-state index >= 15 is 0 Å². The number of nitrogens with zero attached hydrogens (tertiary/aromatic N) is 6. The second-order valence-electron chi connectivity index (χ2n) is 14.2. The van der Waals surface area contributed by atoms with Gasteiger partial charge in [0.15, 0.2) is 0 Å². The fraction of sp³-hybridized carbons (Fsp3) is 0.279. The molecule has 6 rings (SSSR count). The highest BCUT2D eigenvalue weighted by Crippen LogP contribution is 2.22. The summed E-state index contributed by atoms with van der Waals surface area (Å²) in [6.07, 6.45) is 7.85.